The van der Waals surface area contributed by atoms with E-state index in [1.165, 1.54) is 6.08 Å². The van der Waals surface area contributed by atoms with Gasteiger partial charge in [-0.05, 0) is 55.8 Å². The van der Waals surface area contributed by atoms with Crippen LogP contribution in [0.1, 0.15) is 24.0 Å². The van der Waals surface area contributed by atoms with Gasteiger partial charge in [-0.15, -0.1) is 0 Å². The second-order valence-electron chi connectivity index (χ2n) is 5.96. The molecule has 0 fully saturated rings. The van der Waals surface area contributed by atoms with Crippen LogP contribution < -0.4 is 10.2 Å². The van der Waals surface area contributed by atoms with E-state index in [0.29, 0.717) is 18.1 Å². The molecule has 0 bridgehead atoms. The highest BCUT2D eigenvalue weighted by Gasteiger charge is 2.13. The summed E-state index contributed by atoms with van der Waals surface area (Å²) in [6, 6.07) is 17.6. The van der Waals surface area contributed by atoms with E-state index in [2.05, 4.69) is 5.32 Å². The van der Waals surface area contributed by atoms with Crippen LogP contribution in [0.4, 0.5) is 5.69 Å². The number of nitrogens with zero attached hydrogens (tertiary/aromatic N) is 1. The maximum absolute atomic E-state index is 12.2. The number of amides is 1. The van der Waals surface area contributed by atoms with Crippen molar-refractivity contribution in [2.45, 2.75) is 19.8 Å². The van der Waals surface area contributed by atoms with Crippen molar-refractivity contribution >= 4 is 35.0 Å². The molecule has 0 saturated carbocycles. The number of aryl methyl sites for hydroxylation is 1. The van der Waals surface area contributed by atoms with Gasteiger partial charge in [-0.1, -0.05) is 48.0 Å². The first-order valence-corrected chi connectivity index (χ1v) is 9.04. The molecule has 0 aliphatic carbocycles. The topological polar surface area (TPSA) is 52.6 Å². The van der Waals surface area contributed by atoms with Crippen LogP contribution in [0.3, 0.4) is 0 Å². The van der Waals surface area contributed by atoms with Crippen molar-refractivity contribution in [1.29, 1.82) is 0 Å². The normalized spacial score (nSPS) is 10.7. The number of thiocarbonyl (C=S) groups is 1. The highest BCUT2D eigenvalue weighted by atomic mass is 32.1. The van der Waals surface area contributed by atoms with Gasteiger partial charge in [0, 0.05) is 24.9 Å². The lowest BCUT2D eigenvalue weighted by molar-refractivity contribution is -0.115. The SMILES string of the molecule is Cc1ccc(N(CCCCO)C(=S)NC(=O)/C=C/c2ccccc2)cc1. The van der Waals surface area contributed by atoms with Crippen LogP contribution in [-0.4, -0.2) is 29.3 Å². The molecule has 0 atom stereocenters. The van der Waals surface area contributed by atoms with Crippen LogP contribution in [0.15, 0.2) is 60.7 Å². The predicted octanol–water partition coefficient (Wildman–Crippen LogP) is 3.69. The molecule has 136 valence electrons. The minimum Gasteiger partial charge on any atom is -0.396 e. The highest BCUT2D eigenvalue weighted by Crippen LogP contribution is 2.16. The van der Waals surface area contributed by atoms with Gasteiger partial charge in [0.15, 0.2) is 5.11 Å². The summed E-state index contributed by atoms with van der Waals surface area (Å²) in [6.07, 6.45) is 4.69. The Kier molecular flexibility index (Phi) is 7.99. The lowest BCUT2D eigenvalue weighted by atomic mass is 10.2. The standard InChI is InChI=1S/C21H24N2O2S/c1-17-9-12-19(13-10-17)23(15-5-6-16-24)21(26)22-20(25)14-11-18-7-3-2-4-8-18/h2-4,7-14,24H,5-6,15-16H2,1H3,(H,22,25,26)/b14-11+. The van der Waals surface area contributed by atoms with Crippen LogP contribution in [-0.2, 0) is 4.79 Å². The molecule has 2 N–H and O–H groups in total. The van der Waals surface area contributed by atoms with Crippen LogP contribution in [0.5, 0.6) is 0 Å². The van der Waals surface area contributed by atoms with E-state index in [0.717, 1.165) is 23.2 Å². The summed E-state index contributed by atoms with van der Waals surface area (Å²) in [5.74, 6) is -0.266. The Hall–Kier alpha value is -2.50. The maximum Gasteiger partial charge on any atom is 0.250 e. The zero-order valence-corrected chi connectivity index (χ0v) is 15.7. The molecule has 5 heteroatoms. The number of benzene rings is 2. The zero-order valence-electron chi connectivity index (χ0n) is 14.9. The number of hydrogen-bond acceptors (Lipinski definition) is 3. The fourth-order valence-electron chi connectivity index (χ4n) is 2.40. The largest absolute Gasteiger partial charge is 0.396 e. The van der Waals surface area contributed by atoms with Crippen molar-refractivity contribution in [2.24, 2.45) is 0 Å². The van der Waals surface area contributed by atoms with Gasteiger partial charge in [0.05, 0.1) is 0 Å². The zero-order chi connectivity index (χ0) is 18.8. The highest BCUT2D eigenvalue weighted by molar-refractivity contribution is 7.80. The predicted molar refractivity (Wildman–Crippen MR) is 111 cm³/mol. The molecule has 0 spiro atoms. The summed E-state index contributed by atoms with van der Waals surface area (Å²) < 4.78 is 0. The number of carbonyl (C=O) groups is 1. The van der Waals surface area contributed by atoms with Gasteiger partial charge >= 0.3 is 0 Å². The molecule has 0 radical (unpaired) electrons. The molecular formula is C21H24N2O2S. The van der Waals surface area contributed by atoms with Crippen LogP contribution in [0.25, 0.3) is 6.08 Å². The van der Waals surface area contributed by atoms with Crippen molar-refractivity contribution in [1.82, 2.24) is 5.32 Å². The molecule has 0 aromatic heterocycles. The molecule has 0 saturated heterocycles. The number of nitrogens with one attached hydrogen (secondary N) is 1. The number of hydrogen-bond donors (Lipinski definition) is 2. The second kappa shape index (κ2) is 10.5. The summed E-state index contributed by atoms with van der Waals surface area (Å²) in [4.78, 5) is 14.1. The molecule has 0 aliphatic rings. The number of rotatable bonds is 7. The Balaban J connectivity index is 2.03. The molecule has 0 aliphatic heterocycles. The molecule has 26 heavy (non-hydrogen) atoms. The van der Waals surface area contributed by atoms with Crippen molar-refractivity contribution in [3.63, 3.8) is 0 Å². The Morgan fingerprint density at radius 2 is 1.81 bits per heavy atom. The summed E-state index contributed by atoms with van der Waals surface area (Å²) >= 11 is 5.44. The van der Waals surface area contributed by atoms with Gasteiger partial charge in [0.1, 0.15) is 0 Å². The van der Waals surface area contributed by atoms with E-state index in [4.69, 9.17) is 17.3 Å². The molecule has 0 heterocycles. The first-order valence-electron chi connectivity index (χ1n) is 8.63. The Bertz CT molecular complexity index is 742. The van der Waals surface area contributed by atoms with Crippen molar-refractivity contribution < 1.29 is 9.90 Å². The van der Waals surface area contributed by atoms with Crippen LogP contribution >= 0.6 is 12.2 Å². The lowest BCUT2D eigenvalue weighted by Gasteiger charge is -2.25. The fourth-order valence-corrected chi connectivity index (χ4v) is 2.70. The van der Waals surface area contributed by atoms with Gasteiger partial charge in [-0.3, -0.25) is 10.1 Å². The summed E-state index contributed by atoms with van der Waals surface area (Å²) in [6.45, 7) is 2.79. The number of carbonyl (C=O) groups excluding carboxylic acids is 1. The van der Waals surface area contributed by atoms with E-state index in [9.17, 15) is 4.79 Å². The number of aliphatic hydroxyl groups is 1. The minimum absolute atomic E-state index is 0.140. The van der Waals surface area contributed by atoms with Gasteiger partial charge < -0.3 is 10.0 Å². The van der Waals surface area contributed by atoms with Crippen molar-refractivity contribution in [3.05, 3.63) is 71.8 Å². The Labute approximate surface area is 160 Å². The molecule has 2 rings (SSSR count). The molecule has 4 nitrogen and oxygen atoms in total. The van der Waals surface area contributed by atoms with Crippen molar-refractivity contribution in [3.8, 4) is 0 Å². The fraction of sp³-hybridized carbons (Fsp3) is 0.238. The van der Waals surface area contributed by atoms with Gasteiger partial charge in [0.2, 0.25) is 5.91 Å². The third-order valence-electron chi connectivity index (χ3n) is 3.84. The monoisotopic (exact) mass is 368 g/mol. The average molecular weight is 369 g/mol. The van der Waals surface area contributed by atoms with E-state index in [1.54, 1.807) is 6.08 Å². The van der Waals surface area contributed by atoms with E-state index >= 15 is 0 Å². The van der Waals surface area contributed by atoms with E-state index in [1.807, 2.05) is 66.4 Å². The van der Waals surface area contributed by atoms with Gasteiger partial charge in [0.25, 0.3) is 0 Å². The van der Waals surface area contributed by atoms with Crippen LogP contribution in [0.2, 0.25) is 0 Å². The third-order valence-corrected chi connectivity index (χ3v) is 4.16. The van der Waals surface area contributed by atoms with Crippen molar-refractivity contribution in [2.75, 3.05) is 18.1 Å². The summed E-state index contributed by atoms with van der Waals surface area (Å²) in [7, 11) is 0. The van der Waals surface area contributed by atoms with Crippen LogP contribution in [0, 0.1) is 6.92 Å². The Morgan fingerprint density at radius 1 is 1.12 bits per heavy atom. The molecule has 0 unspecified atom stereocenters. The maximum atomic E-state index is 12.2. The summed E-state index contributed by atoms with van der Waals surface area (Å²) in [5, 5.41) is 12.1. The summed E-state index contributed by atoms with van der Waals surface area (Å²) in [5.41, 5.74) is 3.03. The molecule has 2 aromatic rings. The van der Waals surface area contributed by atoms with E-state index < -0.39 is 0 Å². The first-order chi connectivity index (χ1) is 12.6. The molecule has 1 amide bonds. The average Bonchev–Trinajstić information content (AvgIpc) is 2.65. The molecular weight excluding hydrogens is 344 g/mol. The van der Waals surface area contributed by atoms with E-state index in [-0.39, 0.29) is 12.5 Å². The van der Waals surface area contributed by atoms with Gasteiger partial charge in [-0.25, -0.2) is 0 Å². The Morgan fingerprint density at radius 3 is 2.46 bits per heavy atom. The second-order valence-corrected chi connectivity index (χ2v) is 6.34. The smallest absolute Gasteiger partial charge is 0.250 e. The number of unbranched alkanes of at least 4 members (excludes halogenated alkanes) is 1. The first kappa shape index (κ1) is 19.8. The quantitative estimate of drug-likeness (QED) is 0.445. The van der Waals surface area contributed by atoms with Gasteiger partial charge in [-0.2, -0.15) is 0 Å². The number of anilines is 1. The molecule has 2 aromatic carbocycles. The number of aliphatic hydroxyl groups excluding tert-OH is 1. The lowest BCUT2D eigenvalue weighted by Crippen LogP contribution is -2.42. The minimum atomic E-state index is -0.266. The third kappa shape index (κ3) is 6.43.